The lowest BCUT2D eigenvalue weighted by Crippen LogP contribution is -2.52. The maximum Gasteiger partial charge on any atom is 0.130 e. The number of nitrogens with two attached hydrogens (primary N) is 2. The van der Waals surface area contributed by atoms with Gasteiger partial charge in [0.05, 0.1) is 22.8 Å². The molecule has 1 aliphatic heterocycles. The fourth-order valence-electron chi connectivity index (χ4n) is 3.69. The van der Waals surface area contributed by atoms with Crippen molar-refractivity contribution in [1.29, 1.82) is 5.26 Å². The van der Waals surface area contributed by atoms with Crippen LogP contribution in [0.2, 0.25) is 5.02 Å². The summed E-state index contributed by atoms with van der Waals surface area (Å²) in [6.45, 7) is 2.53. The van der Waals surface area contributed by atoms with Crippen LogP contribution >= 0.6 is 11.6 Å². The second-order valence-corrected chi connectivity index (χ2v) is 8.14. The molecule has 1 aromatic heterocycles. The second kappa shape index (κ2) is 9.43. The van der Waals surface area contributed by atoms with E-state index >= 15 is 0 Å². The predicted octanol–water partition coefficient (Wildman–Crippen LogP) is 2.74. The zero-order valence-electron chi connectivity index (χ0n) is 16.5. The average Bonchev–Trinajstić information content (AvgIpc) is 2.72. The van der Waals surface area contributed by atoms with E-state index in [2.05, 4.69) is 22.2 Å². The van der Waals surface area contributed by atoms with E-state index in [1.807, 2.05) is 12.1 Å². The fourth-order valence-corrected chi connectivity index (χ4v) is 3.86. The molecule has 0 saturated carbocycles. The second-order valence-electron chi connectivity index (χ2n) is 7.70. The highest BCUT2D eigenvalue weighted by molar-refractivity contribution is 6.31. The highest BCUT2D eigenvalue weighted by atomic mass is 35.5. The third-order valence-corrected chi connectivity index (χ3v) is 5.69. The maximum atomic E-state index is 9.53. The number of terminal acetylenes is 1. The summed E-state index contributed by atoms with van der Waals surface area (Å²) in [5, 5.41) is 14.5. The molecule has 0 atom stereocenters. The minimum atomic E-state index is -0.717. The Hall–Kier alpha value is -2.35. The van der Waals surface area contributed by atoms with Gasteiger partial charge in [-0.2, -0.15) is 5.26 Å². The Kier molecular flexibility index (Phi) is 6.95. The van der Waals surface area contributed by atoms with E-state index in [4.69, 9.17) is 34.5 Å². The van der Waals surface area contributed by atoms with Crippen LogP contribution in [0.3, 0.4) is 0 Å². The molecule has 1 saturated heterocycles. The van der Waals surface area contributed by atoms with Crippen LogP contribution in [-0.4, -0.2) is 36.3 Å². The summed E-state index contributed by atoms with van der Waals surface area (Å²) < 4.78 is 0. The van der Waals surface area contributed by atoms with Gasteiger partial charge >= 0.3 is 0 Å². The van der Waals surface area contributed by atoms with Gasteiger partial charge in [-0.25, -0.2) is 4.98 Å². The van der Waals surface area contributed by atoms with Crippen molar-refractivity contribution in [2.75, 3.05) is 24.5 Å². The van der Waals surface area contributed by atoms with E-state index < -0.39 is 5.66 Å². The Morgan fingerprint density at radius 1 is 1.28 bits per heavy atom. The molecule has 29 heavy (non-hydrogen) atoms. The summed E-state index contributed by atoms with van der Waals surface area (Å²) in [6, 6.07) is 10.0. The summed E-state index contributed by atoms with van der Waals surface area (Å²) in [6.07, 6.45) is 9.19. The first-order valence-corrected chi connectivity index (χ1v) is 10.3. The molecule has 0 spiro atoms. The smallest absolute Gasteiger partial charge is 0.130 e. The maximum absolute atomic E-state index is 9.53. The van der Waals surface area contributed by atoms with Crippen molar-refractivity contribution >= 4 is 28.3 Å². The first-order chi connectivity index (χ1) is 13.9. The van der Waals surface area contributed by atoms with E-state index in [0.717, 1.165) is 49.2 Å². The summed E-state index contributed by atoms with van der Waals surface area (Å²) in [7, 11) is 0. The number of hydrogen-bond acceptors (Lipinski definition) is 6. The largest absolute Gasteiger partial charge is 0.356 e. The first kappa shape index (κ1) is 21.4. The Bertz CT molecular complexity index is 935. The standard InChI is InChI=1S/C22H27ClN6/c1-2-3-8-22(25,26)9-10-27-18-6-11-29(12-7-18)21-13-16(15-24)19-14-17(23)4-5-20(19)28-21/h1,4-5,13-14,18,27H,3,6-12,25-26H2. The van der Waals surface area contributed by atoms with Crippen LogP contribution in [0, 0.1) is 23.7 Å². The number of fused-ring (bicyclic) bond motifs is 1. The zero-order chi connectivity index (χ0) is 20.9. The summed E-state index contributed by atoms with van der Waals surface area (Å²) in [4.78, 5) is 6.98. The predicted molar refractivity (Wildman–Crippen MR) is 118 cm³/mol. The molecule has 2 aromatic rings. The lowest BCUT2D eigenvalue weighted by molar-refractivity contribution is 0.344. The highest BCUT2D eigenvalue weighted by Gasteiger charge is 2.23. The molecule has 6 nitrogen and oxygen atoms in total. The number of benzene rings is 1. The topological polar surface area (TPSA) is 104 Å². The number of nitrogens with zero attached hydrogens (tertiary/aromatic N) is 3. The van der Waals surface area contributed by atoms with Crippen molar-refractivity contribution in [3.8, 4) is 18.4 Å². The van der Waals surface area contributed by atoms with Gasteiger partial charge in [0.1, 0.15) is 5.82 Å². The molecule has 0 bridgehead atoms. The van der Waals surface area contributed by atoms with Gasteiger partial charge in [0, 0.05) is 36.0 Å². The third-order valence-electron chi connectivity index (χ3n) is 5.45. The van der Waals surface area contributed by atoms with E-state index in [1.165, 1.54) is 0 Å². The average molecular weight is 411 g/mol. The number of rotatable bonds is 7. The van der Waals surface area contributed by atoms with Crippen molar-refractivity contribution < 1.29 is 0 Å². The summed E-state index contributed by atoms with van der Waals surface area (Å²) in [5.41, 5.74) is 12.9. The number of hydrogen-bond donors (Lipinski definition) is 3. The van der Waals surface area contributed by atoms with Gasteiger partial charge in [0.15, 0.2) is 0 Å². The molecule has 0 amide bonds. The fraction of sp³-hybridized carbons (Fsp3) is 0.455. The van der Waals surface area contributed by atoms with Gasteiger partial charge in [-0.15, -0.1) is 12.3 Å². The lowest BCUT2D eigenvalue weighted by atomic mass is 10.0. The van der Waals surface area contributed by atoms with Crippen LogP contribution < -0.4 is 21.7 Å². The highest BCUT2D eigenvalue weighted by Crippen LogP contribution is 2.27. The van der Waals surface area contributed by atoms with Gasteiger partial charge in [0.2, 0.25) is 0 Å². The molecule has 7 heteroatoms. The minimum Gasteiger partial charge on any atom is -0.356 e. The number of anilines is 1. The number of nitriles is 1. The number of piperidine rings is 1. The summed E-state index contributed by atoms with van der Waals surface area (Å²) >= 11 is 6.07. The molecule has 152 valence electrons. The Morgan fingerprint density at radius 2 is 2.03 bits per heavy atom. The van der Waals surface area contributed by atoms with Crippen LogP contribution in [0.4, 0.5) is 5.82 Å². The van der Waals surface area contributed by atoms with Gasteiger partial charge in [-0.3, -0.25) is 0 Å². The molecule has 0 aliphatic carbocycles. The minimum absolute atomic E-state index is 0.421. The molecule has 5 N–H and O–H groups in total. The van der Waals surface area contributed by atoms with Crippen LogP contribution in [0.15, 0.2) is 24.3 Å². The first-order valence-electron chi connectivity index (χ1n) is 9.92. The van der Waals surface area contributed by atoms with Crippen LogP contribution in [0.1, 0.15) is 37.7 Å². The monoisotopic (exact) mass is 410 g/mol. The summed E-state index contributed by atoms with van der Waals surface area (Å²) in [5.74, 6) is 3.43. The molecule has 1 fully saturated rings. The van der Waals surface area contributed by atoms with E-state index in [0.29, 0.717) is 35.9 Å². The zero-order valence-corrected chi connectivity index (χ0v) is 17.3. The van der Waals surface area contributed by atoms with Gasteiger partial charge in [-0.1, -0.05) is 11.6 Å². The normalized spacial score (nSPS) is 15.3. The molecule has 2 heterocycles. The van der Waals surface area contributed by atoms with Crippen LogP contribution in [-0.2, 0) is 0 Å². The Balaban J connectivity index is 1.56. The van der Waals surface area contributed by atoms with Gasteiger partial charge in [0.25, 0.3) is 0 Å². The molecule has 3 rings (SSSR count). The van der Waals surface area contributed by atoms with Crippen LogP contribution in [0.5, 0.6) is 0 Å². The Morgan fingerprint density at radius 3 is 2.72 bits per heavy atom. The molecule has 1 aliphatic rings. The van der Waals surface area contributed by atoms with Gasteiger partial charge < -0.3 is 21.7 Å². The molecular formula is C22H27ClN6. The van der Waals surface area contributed by atoms with Crippen molar-refractivity contribution in [2.24, 2.45) is 11.5 Å². The number of pyridine rings is 1. The lowest BCUT2D eigenvalue weighted by Gasteiger charge is -2.34. The molecular weight excluding hydrogens is 384 g/mol. The van der Waals surface area contributed by atoms with Crippen molar-refractivity contribution in [3.63, 3.8) is 0 Å². The number of halogens is 1. The number of aromatic nitrogens is 1. The van der Waals surface area contributed by atoms with E-state index in [-0.39, 0.29) is 0 Å². The van der Waals surface area contributed by atoms with Gasteiger partial charge in [-0.05, 0) is 56.5 Å². The quantitative estimate of drug-likeness (QED) is 0.479. The SMILES string of the molecule is C#CCCC(N)(N)CCNC1CCN(c2cc(C#N)c3cc(Cl)ccc3n2)CC1. The Labute approximate surface area is 177 Å². The van der Waals surface area contributed by atoms with Crippen molar-refractivity contribution in [3.05, 3.63) is 34.9 Å². The molecule has 1 aromatic carbocycles. The van der Waals surface area contributed by atoms with E-state index in [9.17, 15) is 5.26 Å². The van der Waals surface area contributed by atoms with Crippen molar-refractivity contribution in [2.45, 2.75) is 43.8 Å². The molecule has 0 unspecified atom stereocenters. The van der Waals surface area contributed by atoms with E-state index in [1.54, 1.807) is 12.1 Å². The third kappa shape index (κ3) is 5.59. The van der Waals surface area contributed by atoms with Crippen LogP contribution in [0.25, 0.3) is 10.9 Å². The number of nitrogens with one attached hydrogen (secondary N) is 1. The van der Waals surface area contributed by atoms with Crippen molar-refractivity contribution in [1.82, 2.24) is 10.3 Å². The molecule has 0 radical (unpaired) electrons.